The Kier molecular flexibility index (Phi) is 3.03. The van der Waals surface area contributed by atoms with Crippen molar-refractivity contribution in [3.8, 4) is 0 Å². The van der Waals surface area contributed by atoms with Gasteiger partial charge in [0.25, 0.3) is 0 Å². The van der Waals surface area contributed by atoms with Gasteiger partial charge in [-0.1, -0.05) is 27.1 Å². The zero-order valence-corrected chi connectivity index (χ0v) is 8.17. The summed E-state index contributed by atoms with van der Waals surface area (Å²) in [5.74, 6) is 0. The van der Waals surface area contributed by atoms with Crippen LogP contribution in [0.25, 0.3) is 10.4 Å². The Balaban J connectivity index is 3.20. The fraction of sp³-hybridized carbons (Fsp3) is 0.143. The second kappa shape index (κ2) is 3.89. The van der Waals surface area contributed by atoms with E-state index in [1.807, 2.05) is 0 Å². The van der Waals surface area contributed by atoms with E-state index in [0.29, 0.717) is 0 Å². The van der Waals surface area contributed by atoms with Crippen LogP contribution in [0.3, 0.4) is 0 Å². The first-order valence-corrected chi connectivity index (χ1v) is 4.16. The SMILES string of the molecule is [N-]=[N+]=Nc1ccc(C(F)(F)F)c(Br)c1. The molecule has 0 spiro atoms. The summed E-state index contributed by atoms with van der Waals surface area (Å²) < 4.78 is 36.6. The van der Waals surface area contributed by atoms with E-state index in [1.54, 1.807) is 0 Å². The van der Waals surface area contributed by atoms with Gasteiger partial charge in [-0.15, -0.1) is 0 Å². The molecule has 0 amide bonds. The zero-order chi connectivity index (χ0) is 10.8. The van der Waals surface area contributed by atoms with E-state index < -0.39 is 11.7 Å². The molecular weight excluding hydrogens is 263 g/mol. The maximum atomic E-state index is 12.2. The molecule has 0 aromatic heterocycles. The summed E-state index contributed by atoms with van der Waals surface area (Å²) in [5, 5.41) is 3.17. The maximum Gasteiger partial charge on any atom is 0.417 e. The van der Waals surface area contributed by atoms with Crippen LogP contribution < -0.4 is 0 Å². The van der Waals surface area contributed by atoms with Crippen LogP contribution in [0.4, 0.5) is 18.9 Å². The number of nitrogens with zero attached hydrogens (tertiary/aromatic N) is 3. The summed E-state index contributed by atoms with van der Waals surface area (Å²) in [6, 6.07) is 3.07. The van der Waals surface area contributed by atoms with Crippen LogP contribution in [0.15, 0.2) is 27.8 Å². The van der Waals surface area contributed by atoms with E-state index in [9.17, 15) is 13.2 Å². The lowest BCUT2D eigenvalue weighted by Gasteiger charge is -2.08. The standard InChI is InChI=1S/C7H3BrF3N3/c8-6-3-4(13-14-12)1-2-5(6)7(9,10)11/h1-3H. The predicted molar refractivity (Wildman–Crippen MR) is 48.0 cm³/mol. The van der Waals surface area contributed by atoms with Crippen LogP contribution in [-0.4, -0.2) is 0 Å². The van der Waals surface area contributed by atoms with Crippen LogP contribution in [-0.2, 0) is 6.18 Å². The smallest absolute Gasteiger partial charge is 0.166 e. The Morgan fingerprint density at radius 3 is 2.43 bits per heavy atom. The van der Waals surface area contributed by atoms with Gasteiger partial charge >= 0.3 is 6.18 Å². The second-order valence-electron chi connectivity index (χ2n) is 2.35. The first kappa shape index (κ1) is 10.9. The van der Waals surface area contributed by atoms with Gasteiger partial charge < -0.3 is 0 Å². The molecule has 1 rings (SSSR count). The molecule has 0 N–H and O–H groups in total. The first-order valence-electron chi connectivity index (χ1n) is 3.37. The summed E-state index contributed by atoms with van der Waals surface area (Å²) in [6.45, 7) is 0. The molecule has 0 fully saturated rings. The van der Waals surface area contributed by atoms with Gasteiger partial charge in [0.05, 0.1) is 5.56 Å². The zero-order valence-electron chi connectivity index (χ0n) is 6.59. The molecule has 7 heteroatoms. The predicted octanol–water partition coefficient (Wildman–Crippen LogP) is 4.41. The molecule has 0 aliphatic carbocycles. The molecule has 0 heterocycles. The highest BCUT2D eigenvalue weighted by molar-refractivity contribution is 9.10. The topological polar surface area (TPSA) is 48.8 Å². The monoisotopic (exact) mass is 265 g/mol. The maximum absolute atomic E-state index is 12.2. The summed E-state index contributed by atoms with van der Waals surface area (Å²) >= 11 is 2.75. The van der Waals surface area contributed by atoms with Crippen molar-refractivity contribution in [3.05, 3.63) is 38.7 Å². The second-order valence-corrected chi connectivity index (χ2v) is 3.21. The molecule has 3 nitrogen and oxygen atoms in total. The third kappa shape index (κ3) is 2.40. The minimum atomic E-state index is -4.41. The number of rotatable bonds is 1. The Bertz CT molecular complexity index is 396. The van der Waals surface area contributed by atoms with Crippen molar-refractivity contribution in [1.29, 1.82) is 0 Å². The van der Waals surface area contributed by atoms with E-state index in [-0.39, 0.29) is 10.2 Å². The number of azide groups is 1. The molecule has 14 heavy (non-hydrogen) atoms. The van der Waals surface area contributed by atoms with Crippen molar-refractivity contribution in [2.45, 2.75) is 6.18 Å². The van der Waals surface area contributed by atoms with Gasteiger partial charge in [0.15, 0.2) is 0 Å². The van der Waals surface area contributed by atoms with Gasteiger partial charge in [-0.25, -0.2) is 0 Å². The molecular formula is C7H3BrF3N3. The molecule has 0 bridgehead atoms. The van der Waals surface area contributed by atoms with E-state index >= 15 is 0 Å². The quantitative estimate of drug-likeness (QED) is 0.410. The van der Waals surface area contributed by atoms with E-state index in [1.165, 1.54) is 0 Å². The number of benzene rings is 1. The average Bonchev–Trinajstić information content (AvgIpc) is 2.02. The molecule has 0 saturated carbocycles. The van der Waals surface area contributed by atoms with Gasteiger partial charge in [-0.3, -0.25) is 0 Å². The molecule has 0 aliphatic heterocycles. The molecule has 1 aromatic carbocycles. The third-order valence-corrected chi connectivity index (χ3v) is 2.07. The van der Waals surface area contributed by atoms with Crippen molar-refractivity contribution in [2.24, 2.45) is 5.11 Å². The Morgan fingerprint density at radius 2 is 2.00 bits per heavy atom. The van der Waals surface area contributed by atoms with Gasteiger partial charge in [0.2, 0.25) is 0 Å². The van der Waals surface area contributed by atoms with E-state index in [4.69, 9.17) is 5.53 Å². The van der Waals surface area contributed by atoms with Crippen molar-refractivity contribution in [1.82, 2.24) is 0 Å². The van der Waals surface area contributed by atoms with Crippen molar-refractivity contribution < 1.29 is 13.2 Å². The fourth-order valence-electron chi connectivity index (χ4n) is 0.848. The molecule has 0 saturated heterocycles. The van der Waals surface area contributed by atoms with Gasteiger partial charge in [-0.05, 0) is 17.7 Å². The minimum absolute atomic E-state index is 0.132. The molecule has 74 valence electrons. The van der Waals surface area contributed by atoms with E-state index in [0.717, 1.165) is 18.2 Å². The first-order chi connectivity index (χ1) is 6.45. The summed E-state index contributed by atoms with van der Waals surface area (Å²) in [6.07, 6.45) is -4.41. The minimum Gasteiger partial charge on any atom is -0.166 e. The van der Waals surface area contributed by atoms with Crippen molar-refractivity contribution in [2.75, 3.05) is 0 Å². The Hall–Kier alpha value is -1.20. The largest absolute Gasteiger partial charge is 0.417 e. The van der Waals surface area contributed by atoms with Gasteiger partial charge in [0.1, 0.15) is 0 Å². The van der Waals surface area contributed by atoms with Crippen molar-refractivity contribution >= 4 is 21.6 Å². The van der Waals surface area contributed by atoms with Gasteiger partial charge in [0, 0.05) is 15.1 Å². The molecule has 0 aliphatic rings. The third-order valence-electron chi connectivity index (χ3n) is 1.42. The van der Waals surface area contributed by atoms with Crippen molar-refractivity contribution in [3.63, 3.8) is 0 Å². The molecule has 1 aromatic rings. The van der Waals surface area contributed by atoms with E-state index in [2.05, 4.69) is 26.0 Å². The number of hydrogen-bond donors (Lipinski definition) is 0. The highest BCUT2D eigenvalue weighted by Gasteiger charge is 2.32. The highest BCUT2D eigenvalue weighted by atomic mass is 79.9. The summed E-state index contributed by atoms with van der Waals surface area (Å²) in [4.78, 5) is 2.46. The summed E-state index contributed by atoms with van der Waals surface area (Å²) in [7, 11) is 0. The lowest BCUT2D eigenvalue weighted by molar-refractivity contribution is -0.138. The summed E-state index contributed by atoms with van der Waals surface area (Å²) in [5.41, 5.74) is 7.40. The van der Waals surface area contributed by atoms with Crippen LogP contribution >= 0.6 is 15.9 Å². The molecule has 0 radical (unpaired) electrons. The van der Waals surface area contributed by atoms with Crippen LogP contribution in [0.2, 0.25) is 0 Å². The fourth-order valence-corrected chi connectivity index (χ4v) is 1.44. The number of halogens is 4. The number of alkyl halides is 3. The van der Waals surface area contributed by atoms with Crippen LogP contribution in [0.1, 0.15) is 5.56 Å². The lowest BCUT2D eigenvalue weighted by atomic mass is 10.2. The Morgan fingerprint density at radius 1 is 1.36 bits per heavy atom. The Labute approximate surface area is 85.3 Å². The lowest BCUT2D eigenvalue weighted by Crippen LogP contribution is -2.05. The highest BCUT2D eigenvalue weighted by Crippen LogP contribution is 2.36. The number of hydrogen-bond acceptors (Lipinski definition) is 1. The van der Waals surface area contributed by atoms with Crippen LogP contribution in [0.5, 0.6) is 0 Å². The average molecular weight is 266 g/mol. The van der Waals surface area contributed by atoms with Gasteiger partial charge in [-0.2, -0.15) is 13.2 Å². The van der Waals surface area contributed by atoms with Crippen LogP contribution in [0, 0.1) is 0 Å². The molecule has 0 unspecified atom stereocenters. The molecule has 0 atom stereocenters. The normalized spacial score (nSPS) is 10.9.